The predicted molar refractivity (Wildman–Crippen MR) is 94.1 cm³/mol. The van der Waals surface area contributed by atoms with Crippen molar-refractivity contribution in [2.24, 2.45) is 0 Å². The first-order valence-corrected chi connectivity index (χ1v) is 7.92. The summed E-state index contributed by atoms with van der Waals surface area (Å²) in [5, 5.41) is 2.69. The van der Waals surface area contributed by atoms with E-state index in [4.69, 9.17) is 14.2 Å². The van der Waals surface area contributed by atoms with Crippen LogP contribution in [0.1, 0.15) is 24.2 Å². The lowest BCUT2D eigenvalue weighted by Gasteiger charge is -2.14. The van der Waals surface area contributed by atoms with Gasteiger partial charge in [0, 0.05) is 5.69 Å². The summed E-state index contributed by atoms with van der Waals surface area (Å²) in [5.74, 6) is 0.375. The summed E-state index contributed by atoms with van der Waals surface area (Å²) < 4.78 is 15.6. The maximum atomic E-state index is 12.2. The number of esters is 1. The summed E-state index contributed by atoms with van der Waals surface area (Å²) in [6.45, 7) is 3.99. The molecule has 0 aliphatic heterocycles. The summed E-state index contributed by atoms with van der Waals surface area (Å²) in [5.41, 5.74) is 0.947. The van der Waals surface area contributed by atoms with Crippen LogP contribution < -0.4 is 14.8 Å². The molecule has 0 fully saturated rings. The molecule has 1 amide bonds. The minimum absolute atomic E-state index is 0.349. The second kappa shape index (κ2) is 8.73. The van der Waals surface area contributed by atoms with Crippen LogP contribution in [0.15, 0.2) is 48.5 Å². The molecule has 2 rings (SSSR count). The van der Waals surface area contributed by atoms with E-state index < -0.39 is 18.0 Å². The summed E-state index contributed by atoms with van der Waals surface area (Å²) in [6, 6.07) is 13.4. The van der Waals surface area contributed by atoms with Crippen molar-refractivity contribution in [2.45, 2.75) is 20.0 Å². The third-order valence-electron chi connectivity index (χ3n) is 3.41. The first-order chi connectivity index (χ1) is 12.0. The van der Waals surface area contributed by atoms with Crippen LogP contribution in [0.4, 0.5) is 5.69 Å². The molecule has 0 spiro atoms. The maximum Gasteiger partial charge on any atom is 0.338 e. The molecule has 6 nitrogen and oxygen atoms in total. The van der Waals surface area contributed by atoms with Crippen LogP contribution in [0.2, 0.25) is 0 Å². The van der Waals surface area contributed by atoms with Gasteiger partial charge in [0.1, 0.15) is 11.5 Å². The van der Waals surface area contributed by atoms with Crippen molar-refractivity contribution in [3.63, 3.8) is 0 Å². The molecule has 25 heavy (non-hydrogen) atoms. The Kier molecular flexibility index (Phi) is 6.39. The van der Waals surface area contributed by atoms with E-state index in [1.807, 2.05) is 6.92 Å². The molecule has 0 heterocycles. The molecular weight excluding hydrogens is 322 g/mol. The highest BCUT2D eigenvalue weighted by molar-refractivity contribution is 5.97. The van der Waals surface area contributed by atoms with Crippen molar-refractivity contribution in [2.75, 3.05) is 19.0 Å². The summed E-state index contributed by atoms with van der Waals surface area (Å²) >= 11 is 0. The van der Waals surface area contributed by atoms with Crippen molar-refractivity contribution in [1.82, 2.24) is 0 Å². The Balaban J connectivity index is 1.91. The monoisotopic (exact) mass is 343 g/mol. The van der Waals surface area contributed by atoms with E-state index in [1.165, 1.54) is 6.92 Å². The highest BCUT2D eigenvalue weighted by Crippen LogP contribution is 2.16. The zero-order chi connectivity index (χ0) is 18.2. The van der Waals surface area contributed by atoms with Gasteiger partial charge in [0.25, 0.3) is 5.91 Å². The molecule has 0 radical (unpaired) electrons. The van der Waals surface area contributed by atoms with E-state index in [0.717, 1.165) is 5.75 Å². The van der Waals surface area contributed by atoms with Crippen LogP contribution >= 0.6 is 0 Å². The lowest BCUT2D eigenvalue weighted by atomic mass is 10.2. The standard InChI is InChI=1S/C19H21NO5/c1-4-24-17-11-7-15(8-12-17)20-18(21)13(2)25-19(22)14-5-9-16(23-3)10-6-14/h5-13H,4H2,1-3H3,(H,20,21)/t13-/m1/s1. The van der Waals surface area contributed by atoms with E-state index in [9.17, 15) is 9.59 Å². The quantitative estimate of drug-likeness (QED) is 0.781. The van der Waals surface area contributed by atoms with Crippen LogP contribution in [0.3, 0.4) is 0 Å². The average molecular weight is 343 g/mol. The lowest BCUT2D eigenvalue weighted by molar-refractivity contribution is -0.123. The number of benzene rings is 2. The maximum absolute atomic E-state index is 12.2. The van der Waals surface area contributed by atoms with Gasteiger partial charge in [-0.3, -0.25) is 4.79 Å². The molecular formula is C19H21NO5. The molecule has 0 bridgehead atoms. The molecule has 0 unspecified atom stereocenters. The number of hydrogen-bond donors (Lipinski definition) is 1. The predicted octanol–water partition coefficient (Wildman–Crippen LogP) is 3.28. The number of nitrogens with one attached hydrogen (secondary N) is 1. The van der Waals surface area contributed by atoms with E-state index in [1.54, 1.807) is 55.6 Å². The second-order valence-electron chi connectivity index (χ2n) is 5.22. The number of anilines is 1. The number of amides is 1. The zero-order valence-corrected chi connectivity index (χ0v) is 14.4. The smallest absolute Gasteiger partial charge is 0.338 e. The second-order valence-corrected chi connectivity index (χ2v) is 5.22. The number of rotatable bonds is 7. The van der Waals surface area contributed by atoms with E-state index in [0.29, 0.717) is 23.6 Å². The zero-order valence-electron chi connectivity index (χ0n) is 14.4. The lowest BCUT2D eigenvalue weighted by Crippen LogP contribution is -2.29. The molecule has 2 aromatic carbocycles. The molecule has 0 aromatic heterocycles. The minimum atomic E-state index is -0.929. The minimum Gasteiger partial charge on any atom is -0.497 e. The first kappa shape index (κ1) is 18.3. The van der Waals surface area contributed by atoms with Gasteiger partial charge in [0.05, 0.1) is 19.3 Å². The Morgan fingerprint density at radius 3 is 2.16 bits per heavy atom. The molecule has 6 heteroatoms. The Bertz CT molecular complexity index is 710. The van der Waals surface area contributed by atoms with Gasteiger partial charge in [-0.15, -0.1) is 0 Å². The fourth-order valence-electron chi connectivity index (χ4n) is 2.05. The van der Waals surface area contributed by atoms with Gasteiger partial charge in [0.2, 0.25) is 0 Å². The largest absolute Gasteiger partial charge is 0.497 e. The molecule has 0 aliphatic rings. The third kappa shape index (κ3) is 5.24. The van der Waals surface area contributed by atoms with Gasteiger partial charge in [0.15, 0.2) is 6.10 Å². The highest BCUT2D eigenvalue weighted by Gasteiger charge is 2.19. The van der Waals surface area contributed by atoms with Crippen molar-refractivity contribution in [3.05, 3.63) is 54.1 Å². The van der Waals surface area contributed by atoms with Crippen molar-refractivity contribution in [3.8, 4) is 11.5 Å². The molecule has 0 saturated carbocycles. The molecule has 2 aromatic rings. The normalized spacial score (nSPS) is 11.3. The van der Waals surface area contributed by atoms with Gasteiger partial charge in [-0.05, 0) is 62.4 Å². The van der Waals surface area contributed by atoms with E-state index >= 15 is 0 Å². The number of methoxy groups -OCH3 is 1. The van der Waals surface area contributed by atoms with Crippen molar-refractivity contribution >= 4 is 17.6 Å². The molecule has 0 saturated heterocycles. The summed E-state index contributed by atoms with van der Waals surface area (Å²) in [6.07, 6.45) is -0.929. The molecule has 1 atom stereocenters. The van der Waals surface area contributed by atoms with Crippen LogP contribution in [0, 0.1) is 0 Å². The Morgan fingerprint density at radius 1 is 1.00 bits per heavy atom. The topological polar surface area (TPSA) is 73.9 Å². The van der Waals surface area contributed by atoms with Crippen molar-refractivity contribution in [1.29, 1.82) is 0 Å². The number of carbonyl (C=O) groups is 2. The fourth-order valence-corrected chi connectivity index (χ4v) is 2.05. The van der Waals surface area contributed by atoms with Crippen molar-refractivity contribution < 1.29 is 23.8 Å². The summed E-state index contributed by atoms with van der Waals surface area (Å²) in [7, 11) is 1.54. The SMILES string of the molecule is CCOc1ccc(NC(=O)[C@@H](C)OC(=O)c2ccc(OC)cc2)cc1. The highest BCUT2D eigenvalue weighted by atomic mass is 16.5. The number of hydrogen-bond acceptors (Lipinski definition) is 5. The fraction of sp³-hybridized carbons (Fsp3) is 0.263. The number of ether oxygens (including phenoxy) is 3. The molecule has 0 aliphatic carbocycles. The van der Waals surface area contributed by atoms with Crippen LogP contribution in [-0.2, 0) is 9.53 Å². The van der Waals surface area contributed by atoms with Crippen LogP contribution in [-0.4, -0.2) is 31.7 Å². The van der Waals surface area contributed by atoms with Crippen LogP contribution in [0.25, 0.3) is 0 Å². The third-order valence-corrected chi connectivity index (χ3v) is 3.41. The van der Waals surface area contributed by atoms with E-state index in [2.05, 4.69) is 5.32 Å². The van der Waals surface area contributed by atoms with Gasteiger partial charge in [-0.1, -0.05) is 0 Å². The van der Waals surface area contributed by atoms with Crippen LogP contribution in [0.5, 0.6) is 11.5 Å². The number of carbonyl (C=O) groups excluding carboxylic acids is 2. The van der Waals surface area contributed by atoms with Gasteiger partial charge >= 0.3 is 5.97 Å². The van der Waals surface area contributed by atoms with Gasteiger partial charge in [-0.2, -0.15) is 0 Å². The molecule has 132 valence electrons. The Morgan fingerprint density at radius 2 is 1.60 bits per heavy atom. The average Bonchev–Trinajstić information content (AvgIpc) is 2.63. The summed E-state index contributed by atoms with van der Waals surface area (Å²) in [4.78, 5) is 24.2. The van der Waals surface area contributed by atoms with E-state index in [-0.39, 0.29) is 0 Å². The van der Waals surface area contributed by atoms with Gasteiger partial charge < -0.3 is 19.5 Å². The Hall–Kier alpha value is -3.02. The molecule has 1 N–H and O–H groups in total. The first-order valence-electron chi connectivity index (χ1n) is 7.92. The van der Waals surface area contributed by atoms with Gasteiger partial charge in [-0.25, -0.2) is 4.79 Å². The Labute approximate surface area is 146 Å².